The number of hydrogen-bond acceptors (Lipinski definition) is 5. The van der Waals surface area contributed by atoms with Crippen LogP contribution < -0.4 is 5.32 Å². The Bertz CT molecular complexity index is 578. The van der Waals surface area contributed by atoms with Crippen LogP contribution in [0.2, 0.25) is 0 Å². The number of hydrogen-bond donors (Lipinski definition) is 1. The Morgan fingerprint density at radius 3 is 2.70 bits per heavy atom. The van der Waals surface area contributed by atoms with Gasteiger partial charge < -0.3 is 15.0 Å². The smallest absolute Gasteiger partial charge is 0.309 e. The Hall–Kier alpha value is -2.11. The van der Waals surface area contributed by atoms with Crippen LogP contribution >= 0.6 is 0 Å². The molecule has 1 aromatic heterocycles. The van der Waals surface area contributed by atoms with Crippen LogP contribution in [0.3, 0.4) is 0 Å². The van der Waals surface area contributed by atoms with E-state index in [9.17, 15) is 9.59 Å². The van der Waals surface area contributed by atoms with Crippen molar-refractivity contribution in [3.8, 4) is 0 Å². The third-order valence-corrected chi connectivity index (χ3v) is 4.34. The van der Waals surface area contributed by atoms with Crippen LogP contribution in [0.15, 0.2) is 18.3 Å². The number of pyridine rings is 1. The summed E-state index contributed by atoms with van der Waals surface area (Å²) in [5.41, 5.74) is 0.651. The molecule has 1 N–H and O–H groups in total. The maximum atomic E-state index is 12.6. The van der Waals surface area contributed by atoms with Crippen molar-refractivity contribution in [3.63, 3.8) is 0 Å². The highest BCUT2D eigenvalue weighted by atomic mass is 16.5. The minimum Gasteiger partial charge on any atom is -0.466 e. The number of piperidine rings is 1. The quantitative estimate of drug-likeness (QED) is 0.842. The monoisotopic (exact) mass is 317 g/mol. The normalized spacial score (nSPS) is 18.6. The molecular formula is C17H23N3O3. The van der Waals surface area contributed by atoms with Gasteiger partial charge in [-0.2, -0.15) is 0 Å². The fraction of sp³-hybridized carbons (Fsp3) is 0.588. The van der Waals surface area contributed by atoms with E-state index in [2.05, 4.69) is 10.3 Å². The van der Waals surface area contributed by atoms with Gasteiger partial charge in [0.15, 0.2) is 0 Å². The Morgan fingerprint density at radius 2 is 2.04 bits per heavy atom. The minimum absolute atomic E-state index is 0.00792. The molecule has 1 saturated carbocycles. The second-order valence-electron chi connectivity index (χ2n) is 6.17. The molecule has 0 bridgehead atoms. The molecule has 23 heavy (non-hydrogen) atoms. The summed E-state index contributed by atoms with van der Waals surface area (Å²) in [4.78, 5) is 30.4. The van der Waals surface area contributed by atoms with Crippen molar-refractivity contribution in [1.29, 1.82) is 0 Å². The third-order valence-electron chi connectivity index (χ3n) is 4.34. The number of rotatable bonds is 5. The lowest BCUT2D eigenvalue weighted by atomic mass is 9.96. The molecule has 1 aromatic rings. The lowest BCUT2D eigenvalue weighted by molar-refractivity contribution is -0.149. The molecule has 3 rings (SSSR count). The maximum absolute atomic E-state index is 12.6. The highest BCUT2D eigenvalue weighted by molar-refractivity contribution is 5.95. The Morgan fingerprint density at radius 1 is 1.30 bits per heavy atom. The molecule has 1 saturated heterocycles. The first-order valence-electron chi connectivity index (χ1n) is 8.36. The molecule has 2 fully saturated rings. The summed E-state index contributed by atoms with van der Waals surface area (Å²) in [7, 11) is 0. The molecule has 0 aromatic carbocycles. The average Bonchev–Trinajstić information content (AvgIpc) is 3.39. The molecule has 2 aliphatic rings. The molecule has 2 heterocycles. The Labute approximate surface area is 136 Å². The van der Waals surface area contributed by atoms with E-state index in [-0.39, 0.29) is 17.8 Å². The van der Waals surface area contributed by atoms with Crippen LogP contribution in [0.25, 0.3) is 0 Å². The van der Waals surface area contributed by atoms with Crippen LogP contribution in [0.1, 0.15) is 43.0 Å². The first kappa shape index (κ1) is 15.8. The van der Waals surface area contributed by atoms with Crippen LogP contribution in [0.4, 0.5) is 5.82 Å². The van der Waals surface area contributed by atoms with Gasteiger partial charge >= 0.3 is 5.97 Å². The first-order valence-corrected chi connectivity index (χ1v) is 8.36. The van der Waals surface area contributed by atoms with E-state index >= 15 is 0 Å². The van der Waals surface area contributed by atoms with Crippen molar-refractivity contribution in [3.05, 3.63) is 23.9 Å². The van der Waals surface area contributed by atoms with Gasteiger partial charge in [-0.25, -0.2) is 4.98 Å². The van der Waals surface area contributed by atoms with E-state index in [4.69, 9.17) is 4.74 Å². The van der Waals surface area contributed by atoms with Crippen molar-refractivity contribution < 1.29 is 14.3 Å². The van der Waals surface area contributed by atoms with Crippen LogP contribution in [-0.4, -0.2) is 47.5 Å². The molecule has 0 atom stereocenters. The number of nitrogens with one attached hydrogen (secondary N) is 1. The van der Waals surface area contributed by atoms with Crippen molar-refractivity contribution in [1.82, 2.24) is 9.88 Å². The average molecular weight is 317 g/mol. The van der Waals surface area contributed by atoms with Gasteiger partial charge in [-0.05, 0) is 44.7 Å². The fourth-order valence-electron chi connectivity index (χ4n) is 2.84. The molecule has 1 aliphatic heterocycles. The molecule has 0 spiro atoms. The zero-order valence-corrected chi connectivity index (χ0v) is 13.5. The van der Waals surface area contributed by atoms with Crippen LogP contribution in [0.5, 0.6) is 0 Å². The SMILES string of the molecule is CCOC(=O)C1CCN(C(=O)c2ccnc(NC3CC3)c2)CC1. The molecule has 124 valence electrons. The number of ether oxygens (including phenoxy) is 1. The van der Waals surface area contributed by atoms with E-state index in [0.29, 0.717) is 44.1 Å². The van der Waals surface area contributed by atoms with E-state index < -0.39 is 0 Å². The number of aromatic nitrogens is 1. The predicted molar refractivity (Wildman–Crippen MR) is 86.1 cm³/mol. The van der Waals surface area contributed by atoms with Gasteiger partial charge in [0.1, 0.15) is 5.82 Å². The van der Waals surface area contributed by atoms with Gasteiger partial charge in [-0.15, -0.1) is 0 Å². The second-order valence-corrected chi connectivity index (χ2v) is 6.17. The number of esters is 1. The zero-order chi connectivity index (χ0) is 16.2. The fourth-order valence-corrected chi connectivity index (χ4v) is 2.84. The number of amides is 1. The molecule has 1 aliphatic carbocycles. The number of carbonyl (C=O) groups is 2. The maximum Gasteiger partial charge on any atom is 0.309 e. The van der Waals surface area contributed by atoms with Crippen molar-refractivity contribution >= 4 is 17.7 Å². The second kappa shape index (κ2) is 6.98. The number of likely N-dealkylation sites (tertiary alicyclic amines) is 1. The molecular weight excluding hydrogens is 294 g/mol. The summed E-state index contributed by atoms with van der Waals surface area (Å²) in [6.45, 7) is 3.41. The van der Waals surface area contributed by atoms with Gasteiger partial charge in [-0.1, -0.05) is 0 Å². The summed E-state index contributed by atoms with van der Waals surface area (Å²) in [6.07, 6.45) is 5.34. The molecule has 0 unspecified atom stereocenters. The predicted octanol–water partition coefficient (Wildman–Crippen LogP) is 2.07. The minimum atomic E-state index is -0.139. The van der Waals surface area contributed by atoms with Gasteiger partial charge in [0.2, 0.25) is 0 Å². The molecule has 6 heteroatoms. The van der Waals surface area contributed by atoms with Gasteiger partial charge in [0.05, 0.1) is 12.5 Å². The van der Waals surface area contributed by atoms with Gasteiger partial charge in [-0.3, -0.25) is 9.59 Å². The van der Waals surface area contributed by atoms with E-state index in [1.807, 2.05) is 17.9 Å². The van der Waals surface area contributed by atoms with Crippen molar-refractivity contribution in [2.24, 2.45) is 5.92 Å². The first-order chi connectivity index (χ1) is 11.2. The largest absolute Gasteiger partial charge is 0.466 e. The number of carbonyl (C=O) groups excluding carboxylic acids is 2. The molecule has 1 amide bonds. The van der Waals surface area contributed by atoms with Crippen molar-refractivity contribution in [2.75, 3.05) is 25.0 Å². The summed E-state index contributed by atoms with van der Waals surface area (Å²) in [5.74, 6) is 0.552. The molecule has 6 nitrogen and oxygen atoms in total. The highest BCUT2D eigenvalue weighted by Crippen LogP contribution is 2.25. The van der Waals surface area contributed by atoms with Gasteiger partial charge in [0.25, 0.3) is 5.91 Å². The summed E-state index contributed by atoms with van der Waals surface area (Å²) in [5, 5.41) is 3.31. The number of anilines is 1. The summed E-state index contributed by atoms with van der Waals surface area (Å²) < 4.78 is 5.06. The Kier molecular flexibility index (Phi) is 4.79. The summed E-state index contributed by atoms with van der Waals surface area (Å²) >= 11 is 0. The van der Waals surface area contributed by atoms with E-state index in [0.717, 1.165) is 5.82 Å². The standard InChI is InChI=1S/C17H23N3O3/c1-2-23-17(22)12-6-9-20(10-7-12)16(21)13-5-8-18-15(11-13)19-14-3-4-14/h5,8,11-12,14H,2-4,6-7,9-10H2,1H3,(H,18,19). The van der Waals surface area contributed by atoms with Crippen LogP contribution in [-0.2, 0) is 9.53 Å². The van der Waals surface area contributed by atoms with Crippen molar-refractivity contribution in [2.45, 2.75) is 38.6 Å². The summed E-state index contributed by atoms with van der Waals surface area (Å²) in [6, 6.07) is 4.07. The van der Waals surface area contributed by atoms with Crippen LogP contribution in [0, 0.1) is 5.92 Å². The topological polar surface area (TPSA) is 71.5 Å². The van der Waals surface area contributed by atoms with Gasteiger partial charge in [0, 0.05) is 30.9 Å². The zero-order valence-electron chi connectivity index (χ0n) is 13.5. The lowest BCUT2D eigenvalue weighted by Crippen LogP contribution is -2.40. The Balaban J connectivity index is 1.57. The third kappa shape index (κ3) is 4.00. The lowest BCUT2D eigenvalue weighted by Gasteiger charge is -2.31. The van der Waals surface area contributed by atoms with E-state index in [1.54, 1.807) is 12.3 Å². The highest BCUT2D eigenvalue weighted by Gasteiger charge is 2.29. The molecule has 0 radical (unpaired) electrons. The van der Waals surface area contributed by atoms with E-state index in [1.165, 1.54) is 12.8 Å². The number of nitrogens with zero attached hydrogens (tertiary/aromatic N) is 2.